The summed E-state index contributed by atoms with van der Waals surface area (Å²) in [7, 11) is 0. The Labute approximate surface area is 113 Å². The summed E-state index contributed by atoms with van der Waals surface area (Å²) in [6.07, 6.45) is 2.20. The fourth-order valence-corrected chi connectivity index (χ4v) is 2.46. The maximum atomic E-state index is 13.7. The van der Waals surface area contributed by atoms with E-state index in [0.717, 1.165) is 31.5 Å². The monoisotopic (exact) mass is 264 g/mol. The zero-order valence-corrected chi connectivity index (χ0v) is 11.6. The third kappa shape index (κ3) is 3.53. The van der Waals surface area contributed by atoms with Gasteiger partial charge in [-0.2, -0.15) is 0 Å². The van der Waals surface area contributed by atoms with Crippen molar-refractivity contribution in [3.63, 3.8) is 0 Å². The first-order valence-corrected chi connectivity index (χ1v) is 6.75. The summed E-state index contributed by atoms with van der Waals surface area (Å²) in [5.74, 6) is -0.784. The van der Waals surface area contributed by atoms with Crippen molar-refractivity contribution in [2.45, 2.75) is 26.7 Å². The van der Waals surface area contributed by atoms with E-state index >= 15 is 0 Å². The van der Waals surface area contributed by atoms with Crippen LogP contribution in [0.15, 0.2) is 18.2 Å². The lowest BCUT2D eigenvalue weighted by atomic mass is 9.83. The molecule has 0 bridgehead atoms. The predicted octanol–water partition coefficient (Wildman–Crippen LogP) is 2.25. The molecular formula is C15H21FN2O. The van der Waals surface area contributed by atoms with Gasteiger partial charge in [0.2, 0.25) is 0 Å². The summed E-state index contributed by atoms with van der Waals surface area (Å²) in [5, 5.41) is 6.18. The van der Waals surface area contributed by atoms with Crippen LogP contribution >= 0.6 is 0 Å². The van der Waals surface area contributed by atoms with Crippen molar-refractivity contribution in [3.05, 3.63) is 35.1 Å². The standard InChI is InChI=1S/C15H21FN2O/c1-11-4-5-12(13(16)8-11)14(19)18-10-15(2)6-3-7-17-9-15/h4-5,8,17H,3,6-7,9-10H2,1-2H3,(H,18,19). The van der Waals surface area contributed by atoms with Crippen LogP contribution in [-0.2, 0) is 0 Å². The highest BCUT2D eigenvalue weighted by Crippen LogP contribution is 2.24. The molecule has 1 atom stereocenters. The van der Waals surface area contributed by atoms with Gasteiger partial charge < -0.3 is 10.6 Å². The van der Waals surface area contributed by atoms with Crippen molar-refractivity contribution in [2.24, 2.45) is 5.41 Å². The van der Waals surface area contributed by atoms with Crippen LogP contribution in [0, 0.1) is 18.2 Å². The Balaban J connectivity index is 1.97. The average Bonchev–Trinajstić information content (AvgIpc) is 2.37. The Morgan fingerprint density at radius 1 is 1.53 bits per heavy atom. The van der Waals surface area contributed by atoms with Gasteiger partial charge in [-0.3, -0.25) is 4.79 Å². The van der Waals surface area contributed by atoms with Crippen LogP contribution < -0.4 is 10.6 Å². The van der Waals surface area contributed by atoms with Crippen molar-refractivity contribution in [2.75, 3.05) is 19.6 Å². The number of benzene rings is 1. The minimum atomic E-state index is -0.454. The smallest absolute Gasteiger partial charge is 0.254 e. The largest absolute Gasteiger partial charge is 0.351 e. The number of amides is 1. The Bertz CT molecular complexity index is 467. The van der Waals surface area contributed by atoms with Gasteiger partial charge in [0.25, 0.3) is 5.91 Å². The van der Waals surface area contributed by atoms with E-state index in [0.29, 0.717) is 6.54 Å². The Morgan fingerprint density at radius 3 is 2.95 bits per heavy atom. The summed E-state index contributed by atoms with van der Waals surface area (Å²) in [4.78, 5) is 12.0. The third-order valence-electron chi connectivity index (χ3n) is 3.73. The molecule has 0 aliphatic carbocycles. The molecule has 0 saturated carbocycles. The molecular weight excluding hydrogens is 243 g/mol. The molecule has 4 heteroatoms. The number of piperidine rings is 1. The van der Waals surface area contributed by atoms with E-state index in [1.807, 2.05) is 0 Å². The van der Waals surface area contributed by atoms with Crippen molar-refractivity contribution in [1.82, 2.24) is 10.6 Å². The molecule has 3 nitrogen and oxygen atoms in total. The van der Waals surface area contributed by atoms with Crippen LogP contribution in [0.3, 0.4) is 0 Å². The first-order valence-electron chi connectivity index (χ1n) is 6.75. The number of aryl methyl sites for hydroxylation is 1. The zero-order chi connectivity index (χ0) is 13.9. The molecule has 0 aromatic heterocycles. The second kappa shape index (κ2) is 5.70. The SMILES string of the molecule is Cc1ccc(C(=O)NCC2(C)CCCNC2)c(F)c1. The van der Waals surface area contributed by atoms with Gasteiger partial charge in [0.05, 0.1) is 5.56 Å². The molecule has 1 amide bonds. The summed E-state index contributed by atoms with van der Waals surface area (Å²) in [6, 6.07) is 4.68. The molecule has 19 heavy (non-hydrogen) atoms. The number of halogens is 1. The number of hydrogen-bond donors (Lipinski definition) is 2. The molecule has 1 aromatic rings. The maximum Gasteiger partial charge on any atom is 0.254 e. The van der Waals surface area contributed by atoms with E-state index in [1.165, 1.54) is 6.07 Å². The zero-order valence-electron chi connectivity index (χ0n) is 11.6. The van der Waals surface area contributed by atoms with Crippen LogP contribution in [0.5, 0.6) is 0 Å². The lowest BCUT2D eigenvalue weighted by molar-refractivity contribution is 0.0920. The van der Waals surface area contributed by atoms with Gasteiger partial charge in [-0.25, -0.2) is 4.39 Å². The minimum absolute atomic E-state index is 0.0646. The molecule has 1 heterocycles. The van der Waals surface area contributed by atoms with Crippen molar-refractivity contribution in [3.8, 4) is 0 Å². The molecule has 1 aliphatic heterocycles. The van der Waals surface area contributed by atoms with E-state index in [2.05, 4.69) is 17.6 Å². The third-order valence-corrected chi connectivity index (χ3v) is 3.73. The Kier molecular flexibility index (Phi) is 4.20. The summed E-state index contributed by atoms with van der Waals surface area (Å²) in [5.41, 5.74) is 1.00. The molecule has 2 N–H and O–H groups in total. The lowest BCUT2D eigenvalue weighted by Crippen LogP contribution is -2.45. The summed E-state index contributed by atoms with van der Waals surface area (Å²) < 4.78 is 13.7. The first kappa shape index (κ1) is 14.0. The van der Waals surface area contributed by atoms with Gasteiger partial charge in [0.1, 0.15) is 5.82 Å². The maximum absolute atomic E-state index is 13.7. The van der Waals surface area contributed by atoms with E-state index in [1.54, 1.807) is 19.1 Å². The first-order chi connectivity index (χ1) is 9.00. The second-order valence-corrected chi connectivity index (χ2v) is 5.76. The van der Waals surface area contributed by atoms with Gasteiger partial charge in [-0.1, -0.05) is 13.0 Å². The van der Waals surface area contributed by atoms with E-state index in [-0.39, 0.29) is 16.9 Å². The molecule has 1 saturated heterocycles. The Morgan fingerprint density at radius 2 is 2.32 bits per heavy atom. The number of nitrogens with one attached hydrogen (secondary N) is 2. The highest BCUT2D eigenvalue weighted by molar-refractivity contribution is 5.94. The Hall–Kier alpha value is -1.42. The summed E-state index contributed by atoms with van der Waals surface area (Å²) in [6.45, 7) is 6.45. The van der Waals surface area contributed by atoms with Crippen LogP contribution in [0.2, 0.25) is 0 Å². The lowest BCUT2D eigenvalue weighted by Gasteiger charge is -2.34. The van der Waals surface area contributed by atoms with E-state index < -0.39 is 5.82 Å². The molecule has 0 spiro atoms. The van der Waals surface area contributed by atoms with Crippen molar-refractivity contribution < 1.29 is 9.18 Å². The quantitative estimate of drug-likeness (QED) is 0.879. The molecule has 1 unspecified atom stereocenters. The molecule has 2 rings (SSSR count). The second-order valence-electron chi connectivity index (χ2n) is 5.76. The predicted molar refractivity (Wildman–Crippen MR) is 73.7 cm³/mol. The van der Waals surface area contributed by atoms with Crippen molar-refractivity contribution >= 4 is 5.91 Å². The summed E-state index contributed by atoms with van der Waals surface area (Å²) >= 11 is 0. The molecule has 1 aliphatic rings. The fourth-order valence-electron chi connectivity index (χ4n) is 2.46. The average molecular weight is 264 g/mol. The van der Waals surface area contributed by atoms with Gasteiger partial charge >= 0.3 is 0 Å². The minimum Gasteiger partial charge on any atom is -0.351 e. The van der Waals surface area contributed by atoms with Gasteiger partial charge in [0.15, 0.2) is 0 Å². The molecule has 0 radical (unpaired) electrons. The van der Waals surface area contributed by atoms with E-state index in [9.17, 15) is 9.18 Å². The van der Waals surface area contributed by atoms with Crippen LogP contribution in [0.1, 0.15) is 35.7 Å². The fraction of sp³-hybridized carbons (Fsp3) is 0.533. The highest BCUT2D eigenvalue weighted by Gasteiger charge is 2.27. The van der Waals surface area contributed by atoms with Gasteiger partial charge in [0, 0.05) is 13.1 Å². The number of carbonyl (C=O) groups excluding carboxylic acids is 1. The number of rotatable bonds is 3. The van der Waals surface area contributed by atoms with Gasteiger partial charge in [-0.05, 0) is 49.4 Å². The number of carbonyl (C=O) groups is 1. The van der Waals surface area contributed by atoms with Gasteiger partial charge in [-0.15, -0.1) is 0 Å². The molecule has 1 aromatic carbocycles. The van der Waals surface area contributed by atoms with Crippen molar-refractivity contribution in [1.29, 1.82) is 0 Å². The topological polar surface area (TPSA) is 41.1 Å². The number of hydrogen-bond acceptors (Lipinski definition) is 2. The van der Waals surface area contributed by atoms with Crippen LogP contribution in [0.25, 0.3) is 0 Å². The van der Waals surface area contributed by atoms with Crippen LogP contribution in [-0.4, -0.2) is 25.5 Å². The van der Waals surface area contributed by atoms with Crippen LogP contribution in [0.4, 0.5) is 4.39 Å². The van der Waals surface area contributed by atoms with E-state index in [4.69, 9.17) is 0 Å². The molecule has 1 fully saturated rings. The normalized spacial score (nSPS) is 23.1. The molecule has 104 valence electrons. The highest BCUT2D eigenvalue weighted by atomic mass is 19.1.